The fraction of sp³-hybridized carbons (Fsp3) is 0.226. The molecule has 1 nitrogen and oxygen atoms in total. The van der Waals surface area contributed by atoms with Crippen LogP contribution in [0.4, 0.5) is 17.1 Å². The van der Waals surface area contributed by atoms with E-state index in [1.165, 1.54) is 42.5 Å². The largest absolute Gasteiger partial charge is 0.310 e. The molecule has 0 saturated heterocycles. The summed E-state index contributed by atoms with van der Waals surface area (Å²) in [5.74, 6) is 1.62. The van der Waals surface area contributed by atoms with Gasteiger partial charge in [-0.05, 0) is 126 Å². The Morgan fingerprint density at radius 1 is 0.647 bits per heavy atom. The molecule has 2 fully saturated rings. The van der Waals surface area contributed by atoms with Crippen LogP contribution in [-0.2, 0) is 0 Å². The lowest BCUT2D eigenvalue weighted by Crippen LogP contribution is -2.10. The van der Waals surface area contributed by atoms with Gasteiger partial charge in [0.1, 0.15) is 0 Å². The molecule has 3 atom stereocenters. The van der Waals surface area contributed by atoms with Crippen LogP contribution < -0.4 is 4.90 Å². The summed E-state index contributed by atoms with van der Waals surface area (Å²) >= 11 is 7.17. The summed E-state index contributed by atoms with van der Waals surface area (Å²) in [4.78, 5) is 2.33. The first-order valence-electron chi connectivity index (χ1n) is 12.2. The molecule has 3 aliphatic carbocycles. The van der Waals surface area contributed by atoms with Crippen molar-refractivity contribution in [2.45, 2.75) is 37.5 Å². The van der Waals surface area contributed by atoms with Crippen LogP contribution >= 0.6 is 31.9 Å². The lowest BCUT2D eigenvalue weighted by Gasteiger charge is -2.26. The second-order valence-electron chi connectivity index (χ2n) is 10.2. The van der Waals surface area contributed by atoms with Crippen molar-refractivity contribution in [2.24, 2.45) is 5.41 Å². The molecule has 4 aromatic carbocycles. The van der Waals surface area contributed by atoms with Crippen molar-refractivity contribution in [2.75, 3.05) is 4.90 Å². The summed E-state index contributed by atoms with van der Waals surface area (Å²) in [6.07, 6.45) is 5.68. The Labute approximate surface area is 218 Å². The smallest absolute Gasteiger partial charge is 0.0467 e. The number of halogens is 2. The van der Waals surface area contributed by atoms with Crippen LogP contribution in [-0.4, -0.2) is 0 Å². The molecule has 0 aliphatic heterocycles. The van der Waals surface area contributed by atoms with Crippen LogP contribution in [0, 0.1) is 5.41 Å². The molecule has 0 N–H and O–H groups in total. The summed E-state index contributed by atoms with van der Waals surface area (Å²) in [5, 5.41) is 0. The van der Waals surface area contributed by atoms with Crippen molar-refractivity contribution in [1.82, 2.24) is 0 Å². The van der Waals surface area contributed by atoms with Gasteiger partial charge in [-0.25, -0.2) is 0 Å². The van der Waals surface area contributed by atoms with E-state index in [0.717, 1.165) is 32.2 Å². The lowest BCUT2D eigenvalue weighted by atomic mass is 9.81. The van der Waals surface area contributed by atoms with Crippen LogP contribution in [0.15, 0.2) is 99.9 Å². The molecule has 7 rings (SSSR count). The first-order valence-corrected chi connectivity index (χ1v) is 13.7. The highest BCUT2D eigenvalue weighted by atomic mass is 79.9. The van der Waals surface area contributed by atoms with Gasteiger partial charge in [-0.2, -0.15) is 0 Å². The first kappa shape index (κ1) is 21.0. The summed E-state index contributed by atoms with van der Waals surface area (Å²) in [7, 11) is 0. The highest BCUT2D eigenvalue weighted by Crippen LogP contribution is 2.74. The highest BCUT2D eigenvalue weighted by molar-refractivity contribution is 9.10. The third-order valence-electron chi connectivity index (χ3n) is 8.34. The van der Waals surface area contributed by atoms with E-state index in [0.29, 0.717) is 5.41 Å². The molecule has 2 bridgehead atoms. The Morgan fingerprint density at radius 2 is 1.32 bits per heavy atom. The number of rotatable bonds is 4. The molecule has 0 heterocycles. The number of hydrogen-bond acceptors (Lipinski definition) is 1. The van der Waals surface area contributed by atoms with E-state index in [2.05, 4.69) is 128 Å². The van der Waals surface area contributed by atoms with Gasteiger partial charge in [0.25, 0.3) is 0 Å². The standard InChI is InChI=1S/C31H25Br2N/c32-23-5-9-25(10-6-23)34(26-11-7-24(33)8-12-26)27-3-1-2-20(16-27)21-4-13-28-29(17-21)22-14-15-31(18-22)19-30(28)31/h1-13,16-17,22,30H,14-15,18-19H2. The SMILES string of the molecule is Brc1ccc(N(c2ccc(Br)cc2)c2cccc(-c3ccc4c(c3)C3CCC5(C3)CC45)c2)cc1. The highest BCUT2D eigenvalue weighted by Gasteiger charge is 2.61. The summed E-state index contributed by atoms with van der Waals surface area (Å²) < 4.78 is 2.17. The first-order chi connectivity index (χ1) is 16.6. The Kier molecular flexibility index (Phi) is 4.83. The van der Waals surface area contributed by atoms with Crippen molar-refractivity contribution in [3.8, 4) is 11.1 Å². The van der Waals surface area contributed by atoms with E-state index < -0.39 is 0 Å². The van der Waals surface area contributed by atoms with Crippen molar-refractivity contribution in [1.29, 1.82) is 0 Å². The van der Waals surface area contributed by atoms with Crippen molar-refractivity contribution >= 4 is 48.9 Å². The van der Waals surface area contributed by atoms with E-state index in [4.69, 9.17) is 0 Å². The Hall–Kier alpha value is -2.36. The summed E-state index contributed by atoms with van der Waals surface area (Å²) in [5.41, 5.74) is 10.1. The number of fused-ring (bicyclic) bond motifs is 4. The number of hydrogen-bond donors (Lipinski definition) is 0. The van der Waals surface area contributed by atoms with E-state index >= 15 is 0 Å². The van der Waals surface area contributed by atoms with E-state index in [1.54, 1.807) is 11.1 Å². The quantitative estimate of drug-likeness (QED) is 0.236. The van der Waals surface area contributed by atoms with Crippen molar-refractivity contribution < 1.29 is 0 Å². The maximum atomic E-state index is 3.58. The summed E-state index contributed by atoms with van der Waals surface area (Å²) in [6, 6.07) is 33.4. The number of benzene rings is 4. The topological polar surface area (TPSA) is 3.24 Å². The Morgan fingerprint density at radius 3 is 2.03 bits per heavy atom. The molecule has 0 radical (unpaired) electrons. The van der Waals surface area contributed by atoms with Gasteiger partial charge in [-0.15, -0.1) is 0 Å². The monoisotopic (exact) mass is 569 g/mol. The Bertz CT molecular complexity index is 1350. The zero-order valence-corrected chi connectivity index (χ0v) is 22.0. The summed E-state index contributed by atoms with van der Waals surface area (Å²) in [6.45, 7) is 0. The van der Waals surface area contributed by atoms with E-state index in [9.17, 15) is 0 Å². The molecular formula is C31H25Br2N. The fourth-order valence-electron chi connectivity index (χ4n) is 6.59. The molecule has 0 amide bonds. The molecule has 4 aromatic rings. The molecule has 168 valence electrons. The lowest BCUT2D eigenvalue weighted by molar-refractivity contribution is 0.486. The van der Waals surface area contributed by atoms with Gasteiger partial charge in [0, 0.05) is 26.0 Å². The molecule has 2 saturated carbocycles. The minimum atomic E-state index is 0.689. The molecule has 34 heavy (non-hydrogen) atoms. The van der Waals surface area contributed by atoms with Gasteiger partial charge in [0.05, 0.1) is 0 Å². The molecule has 0 aromatic heterocycles. The normalized spacial score (nSPS) is 23.8. The zero-order chi connectivity index (χ0) is 22.9. The Balaban J connectivity index is 1.31. The van der Waals surface area contributed by atoms with E-state index in [1.807, 2.05) is 0 Å². The second kappa shape index (κ2) is 7.83. The fourth-order valence-corrected chi connectivity index (χ4v) is 7.12. The van der Waals surface area contributed by atoms with Gasteiger partial charge in [0.2, 0.25) is 0 Å². The zero-order valence-electron chi connectivity index (χ0n) is 18.8. The minimum absolute atomic E-state index is 0.689. The van der Waals surface area contributed by atoms with E-state index in [-0.39, 0.29) is 0 Å². The van der Waals surface area contributed by atoms with Gasteiger partial charge in [-0.3, -0.25) is 0 Å². The van der Waals surface area contributed by atoms with Crippen LogP contribution in [0.2, 0.25) is 0 Å². The predicted octanol–water partition coefficient (Wildman–Crippen LogP) is 10.1. The molecule has 3 aliphatic rings. The van der Waals surface area contributed by atoms with Gasteiger partial charge < -0.3 is 4.90 Å². The second-order valence-corrected chi connectivity index (χ2v) is 12.1. The maximum Gasteiger partial charge on any atom is 0.0467 e. The third kappa shape index (κ3) is 3.39. The number of nitrogens with zero attached hydrogens (tertiary/aromatic N) is 1. The molecule has 3 heteroatoms. The van der Waals surface area contributed by atoms with Crippen LogP contribution in [0.3, 0.4) is 0 Å². The van der Waals surface area contributed by atoms with Gasteiger partial charge in [-0.1, -0.05) is 62.2 Å². The third-order valence-corrected chi connectivity index (χ3v) is 9.40. The van der Waals surface area contributed by atoms with Crippen LogP contribution in [0.5, 0.6) is 0 Å². The van der Waals surface area contributed by atoms with Crippen LogP contribution in [0.1, 0.15) is 48.6 Å². The van der Waals surface area contributed by atoms with Crippen molar-refractivity contribution in [3.05, 3.63) is 111 Å². The van der Waals surface area contributed by atoms with Gasteiger partial charge >= 0.3 is 0 Å². The molecule has 1 spiro atoms. The number of anilines is 3. The minimum Gasteiger partial charge on any atom is -0.310 e. The molecular weight excluding hydrogens is 546 g/mol. The maximum absolute atomic E-state index is 3.58. The average Bonchev–Trinajstić information content (AvgIpc) is 3.46. The average molecular weight is 571 g/mol. The van der Waals surface area contributed by atoms with Gasteiger partial charge in [0.15, 0.2) is 0 Å². The van der Waals surface area contributed by atoms with Crippen LogP contribution in [0.25, 0.3) is 11.1 Å². The van der Waals surface area contributed by atoms with Crippen molar-refractivity contribution in [3.63, 3.8) is 0 Å². The molecule has 3 unspecified atom stereocenters. The predicted molar refractivity (Wildman–Crippen MR) is 148 cm³/mol.